The van der Waals surface area contributed by atoms with E-state index in [-0.39, 0.29) is 0 Å². The SMILES string of the molecule is CCc1ccc(CCOC(=O)NC)nc1. The van der Waals surface area contributed by atoms with Crippen molar-refractivity contribution in [2.75, 3.05) is 13.7 Å². The van der Waals surface area contributed by atoms with Crippen molar-refractivity contribution in [3.8, 4) is 0 Å². The Balaban J connectivity index is 2.34. The van der Waals surface area contributed by atoms with Crippen LogP contribution in [0, 0.1) is 0 Å². The van der Waals surface area contributed by atoms with E-state index in [0.29, 0.717) is 13.0 Å². The Labute approximate surface area is 89.7 Å². The summed E-state index contributed by atoms with van der Waals surface area (Å²) in [5.74, 6) is 0. The number of ether oxygens (including phenoxy) is 1. The van der Waals surface area contributed by atoms with E-state index in [9.17, 15) is 4.79 Å². The fraction of sp³-hybridized carbons (Fsp3) is 0.455. The molecule has 4 nitrogen and oxygen atoms in total. The Hall–Kier alpha value is -1.58. The summed E-state index contributed by atoms with van der Waals surface area (Å²) in [6.45, 7) is 2.45. The van der Waals surface area contributed by atoms with Gasteiger partial charge in [0, 0.05) is 25.4 Å². The molecular formula is C11H16N2O2. The Morgan fingerprint density at radius 1 is 1.53 bits per heavy atom. The van der Waals surface area contributed by atoms with E-state index in [2.05, 4.69) is 17.2 Å². The fourth-order valence-corrected chi connectivity index (χ4v) is 1.13. The first kappa shape index (κ1) is 11.5. The molecule has 0 unspecified atom stereocenters. The number of alkyl carbamates (subject to hydrolysis) is 1. The number of hydrogen-bond acceptors (Lipinski definition) is 3. The van der Waals surface area contributed by atoms with Crippen LogP contribution in [-0.4, -0.2) is 24.7 Å². The van der Waals surface area contributed by atoms with Gasteiger partial charge in [-0.25, -0.2) is 4.79 Å². The van der Waals surface area contributed by atoms with Crippen LogP contribution < -0.4 is 5.32 Å². The van der Waals surface area contributed by atoms with E-state index >= 15 is 0 Å². The third kappa shape index (κ3) is 3.97. The number of amides is 1. The smallest absolute Gasteiger partial charge is 0.406 e. The van der Waals surface area contributed by atoms with Gasteiger partial charge >= 0.3 is 6.09 Å². The van der Waals surface area contributed by atoms with E-state index in [1.807, 2.05) is 18.3 Å². The lowest BCUT2D eigenvalue weighted by molar-refractivity contribution is 0.149. The molecule has 1 heterocycles. The molecule has 0 radical (unpaired) electrons. The fourth-order valence-electron chi connectivity index (χ4n) is 1.13. The molecule has 82 valence electrons. The molecule has 1 N–H and O–H groups in total. The van der Waals surface area contributed by atoms with Crippen LogP contribution in [-0.2, 0) is 17.6 Å². The van der Waals surface area contributed by atoms with Crippen LogP contribution in [0.2, 0.25) is 0 Å². The van der Waals surface area contributed by atoms with E-state index in [1.165, 1.54) is 12.6 Å². The minimum absolute atomic E-state index is 0.359. The Morgan fingerprint density at radius 2 is 2.33 bits per heavy atom. The second-order valence-corrected chi connectivity index (χ2v) is 3.15. The van der Waals surface area contributed by atoms with Crippen LogP contribution in [0.3, 0.4) is 0 Å². The van der Waals surface area contributed by atoms with Crippen LogP contribution in [0.15, 0.2) is 18.3 Å². The lowest BCUT2D eigenvalue weighted by Crippen LogP contribution is -2.20. The molecule has 0 aromatic carbocycles. The third-order valence-corrected chi connectivity index (χ3v) is 2.09. The predicted octanol–water partition coefficient (Wildman–Crippen LogP) is 1.54. The van der Waals surface area contributed by atoms with E-state index in [1.54, 1.807) is 0 Å². The highest BCUT2D eigenvalue weighted by atomic mass is 16.5. The molecule has 0 aliphatic carbocycles. The maximum atomic E-state index is 10.7. The van der Waals surface area contributed by atoms with Gasteiger partial charge in [0.05, 0.1) is 6.61 Å². The second-order valence-electron chi connectivity index (χ2n) is 3.15. The van der Waals surface area contributed by atoms with Crippen molar-refractivity contribution < 1.29 is 9.53 Å². The van der Waals surface area contributed by atoms with E-state index in [4.69, 9.17) is 4.74 Å². The molecule has 0 aliphatic heterocycles. The van der Waals surface area contributed by atoms with Crippen LogP contribution in [0.4, 0.5) is 4.79 Å². The van der Waals surface area contributed by atoms with Crippen molar-refractivity contribution in [2.45, 2.75) is 19.8 Å². The maximum Gasteiger partial charge on any atom is 0.406 e. The van der Waals surface area contributed by atoms with E-state index < -0.39 is 6.09 Å². The monoisotopic (exact) mass is 208 g/mol. The predicted molar refractivity (Wildman–Crippen MR) is 57.7 cm³/mol. The quantitative estimate of drug-likeness (QED) is 0.816. The van der Waals surface area contributed by atoms with Gasteiger partial charge in [-0.15, -0.1) is 0 Å². The summed E-state index contributed by atoms with van der Waals surface area (Å²) in [7, 11) is 1.54. The Morgan fingerprint density at radius 3 is 2.87 bits per heavy atom. The van der Waals surface area contributed by atoms with Gasteiger partial charge in [-0.1, -0.05) is 13.0 Å². The van der Waals surface area contributed by atoms with Gasteiger partial charge in [0.1, 0.15) is 0 Å². The minimum atomic E-state index is -0.403. The first-order valence-corrected chi connectivity index (χ1v) is 5.04. The molecule has 1 aromatic rings. The summed E-state index contributed by atoms with van der Waals surface area (Å²) in [5.41, 5.74) is 2.15. The van der Waals surface area contributed by atoms with Gasteiger partial charge in [-0.2, -0.15) is 0 Å². The number of nitrogens with one attached hydrogen (secondary N) is 1. The minimum Gasteiger partial charge on any atom is -0.449 e. The number of aromatic nitrogens is 1. The molecule has 15 heavy (non-hydrogen) atoms. The van der Waals surface area contributed by atoms with Gasteiger partial charge in [0.25, 0.3) is 0 Å². The molecule has 1 rings (SSSR count). The number of pyridine rings is 1. The summed E-state index contributed by atoms with van der Waals surface area (Å²) < 4.78 is 4.86. The number of carbonyl (C=O) groups excluding carboxylic acids is 1. The number of aryl methyl sites for hydroxylation is 1. The highest BCUT2D eigenvalue weighted by Gasteiger charge is 1.99. The molecule has 0 saturated heterocycles. The van der Waals surface area contributed by atoms with Crippen LogP contribution in [0.1, 0.15) is 18.2 Å². The molecule has 0 atom stereocenters. The normalized spacial score (nSPS) is 9.73. The molecular weight excluding hydrogens is 192 g/mol. The molecule has 4 heteroatoms. The number of hydrogen-bond donors (Lipinski definition) is 1. The molecule has 0 fully saturated rings. The summed E-state index contributed by atoms with van der Waals surface area (Å²) in [4.78, 5) is 15.0. The van der Waals surface area contributed by atoms with Crippen LogP contribution in [0.5, 0.6) is 0 Å². The lowest BCUT2D eigenvalue weighted by Gasteiger charge is -2.03. The van der Waals surface area contributed by atoms with Gasteiger partial charge in [0.15, 0.2) is 0 Å². The summed E-state index contributed by atoms with van der Waals surface area (Å²) >= 11 is 0. The van der Waals surface area contributed by atoms with Crippen molar-refractivity contribution in [3.63, 3.8) is 0 Å². The van der Waals surface area contributed by atoms with Gasteiger partial charge in [-0.3, -0.25) is 4.98 Å². The van der Waals surface area contributed by atoms with Crippen molar-refractivity contribution in [2.24, 2.45) is 0 Å². The largest absolute Gasteiger partial charge is 0.449 e. The number of carbonyl (C=O) groups is 1. The third-order valence-electron chi connectivity index (χ3n) is 2.09. The first-order chi connectivity index (χ1) is 7.26. The molecule has 0 spiro atoms. The van der Waals surface area contributed by atoms with Gasteiger partial charge < -0.3 is 10.1 Å². The lowest BCUT2D eigenvalue weighted by atomic mass is 10.2. The summed E-state index contributed by atoms with van der Waals surface area (Å²) in [6.07, 6.45) is 3.09. The summed E-state index contributed by atoms with van der Waals surface area (Å²) in [6, 6.07) is 4.01. The highest BCUT2D eigenvalue weighted by molar-refractivity contribution is 5.66. The average Bonchev–Trinajstić information content (AvgIpc) is 2.29. The molecule has 0 aliphatic rings. The van der Waals surface area contributed by atoms with Crippen molar-refractivity contribution in [3.05, 3.63) is 29.6 Å². The summed E-state index contributed by atoms with van der Waals surface area (Å²) in [5, 5.41) is 2.39. The number of nitrogens with zero attached hydrogens (tertiary/aromatic N) is 1. The van der Waals surface area contributed by atoms with Gasteiger partial charge in [0.2, 0.25) is 0 Å². The molecule has 0 saturated carbocycles. The van der Waals surface area contributed by atoms with Crippen molar-refractivity contribution in [1.82, 2.24) is 10.3 Å². The first-order valence-electron chi connectivity index (χ1n) is 5.04. The standard InChI is InChI=1S/C11H16N2O2/c1-3-9-4-5-10(13-8-9)6-7-15-11(14)12-2/h4-5,8H,3,6-7H2,1-2H3,(H,12,14). The van der Waals surface area contributed by atoms with Gasteiger partial charge in [-0.05, 0) is 18.1 Å². The molecule has 1 aromatic heterocycles. The molecule has 1 amide bonds. The second kappa shape index (κ2) is 6.01. The zero-order valence-corrected chi connectivity index (χ0v) is 9.12. The zero-order valence-electron chi connectivity index (χ0n) is 9.12. The van der Waals surface area contributed by atoms with Crippen molar-refractivity contribution >= 4 is 6.09 Å². The highest BCUT2D eigenvalue weighted by Crippen LogP contribution is 2.01. The maximum absolute atomic E-state index is 10.7. The Bertz CT molecular complexity index is 309. The van der Waals surface area contributed by atoms with Crippen LogP contribution in [0.25, 0.3) is 0 Å². The Kier molecular flexibility index (Phi) is 4.60. The van der Waals surface area contributed by atoms with E-state index in [0.717, 1.165) is 12.1 Å². The molecule has 0 bridgehead atoms. The zero-order chi connectivity index (χ0) is 11.1. The number of rotatable bonds is 4. The van der Waals surface area contributed by atoms with Crippen LogP contribution >= 0.6 is 0 Å². The topological polar surface area (TPSA) is 51.2 Å². The average molecular weight is 208 g/mol. The van der Waals surface area contributed by atoms with Crippen molar-refractivity contribution in [1.29, 1.82) is 0 Å².